The number of hydrogen-bond acceptors (Lipinski definition) is 2. The fourth-order valence-electron chi connectivity index (χ4n) is 4.67. The Morgan fingerprint density at radius 1 is 1.29 bits per heavy atom. The first-order valence-electron chi connectivity index (χ1n) is 10.9. The van der Waals surface area contributed by atoms with E-state index in [2.05, 4.69) is 62.4 Å². The highest BCUT2D eigenvalue weighted by Crippen LogP contribution is 2.42. The number of hydrogen-bond donors (Lipinski definition) is 2. The van der Waals surface area contributed by atoms with Crippen LogP contribution >= 0.6 is 0 Å². The number of ether oxygens (including phenoxy) is 1. The lowest BCUT2D eigenvalue weighted by Crippen LogP contribution is -2.45. The van der Waals surface area contributed by atoms with Crippen molar-refractivity contribution >= 4 is 24.9 Å². The molecule has 0 bridgehead atoms. The van der Waals surface area contributed by atoms with Gasteiger partial charge >= 0.3 is 0 Å². The molecule has 0 spiro atoms. The van der Waals surface area contributed by atoms with Crippen molar-refractivity contribution in [2.45, 2.75) is 77.6 Å². The lowest BCUT2D eigenvalue weighted by Gasteiger charge is -2.36. The molecule has 3 rings (SSSR count). The predicted octanol–water partition coefficient (Wildman–Crippen LogP) is 5.07. The average molecular weight is 401 g/mol. The zero-order chi connectivity index (χ0) is 20.4. The fraction of sp³-hybridized carbons (Fsp3) is 0.609. The van der Waals surface area contributed by atoms with Crippen LogP contribution in [0.5, 0.6) is 0 Å². The number of benzene rings is 1. The van der Waals surface area contributed by atoms with E-state index >= 15 is 0 Å². The zero-order valence-corrected chi connectivity index (χ0v) is 19.2. The maximum Gasteiger partial charge on any atom is 0.223 e. The number of carbonyl (C=O) groups is 1. The first kappa shape index (κ1) is 21.1. The standard InChI is InChI=1S/C23H36N2O2Si/c1-6-14-28(4,5)16-24-20(26)15-23(8-3)22-19(12-13-27-23)18-11-9-10-17(7-2)21(18)25-22/h9-11,25H,6-8,12-16H2,1-5H3,(H,24,26). The van der Waals surface area contributed by atoms with Crippen LogP contribution in [-0.2, 0) is 28.0 Å². The highest BCUT2D eigenvalue weighted by molar-refractivity contribution is 6.77. The number of aryl methyl sites for hydroxylation is 1. The Morgan fingerprint density at radius 3 is 2.75 bits per heavy atom. The molecule has 1 unspecified atom stereocenters. The Hall–Kier alpha value is -1.59. The lowest BCUT2D eigenvalue weighted by atomic mass is 9.86. The normalized spacial score (nSPS) is 19.6. The number of nitrogens with one attached hydrogen (secondary N) is 2. The number of carbonyl (C=O) groups excluding carboxylic acids is 1. The maximum absolute atomic E-state index is 12.9. The molecule has 1 aliphatic heterocycles. The third-order valence-electron chi connectivity index (χ3n) is 6.30. The minimum atomic E-state index is -1.36. The average Bonchev–Trinajstić information content (AvgIpc) is 3.07. The smallest absolute Gasteiger partial charge is 0.223 e. The quantitative estimate of drug-likeness (QED) is 0.608. The van der Waals surface area contributed by atoms with Gasteiger partial charge in [-0.15, -0.1) is 0 Å². The summed E-state index contributed by atoms with van der Waals surface area (Å²) in [4.78, 5) is 16.6. The maximum atomic E-state index is 12.9. The van der Waals surface area contributed by atoms with Crippen LogP contribution in [0.15, 0.2) is 18.2 Å². The summed E-state index contributed by atoms with van der Waals surface area (Å²) in [5, 5.41) is 4.53. The highest BCUT2D eigenvalue weighted by Gasteiger charge is 2.41. The second kappa shape index (κ2) is 8.42. The van der Waals surface area contributed by atoms with E-state index in [-0.39, 0.29) is 5.91 Å². The first-order valence-corrected chi connectivity index (χ1v) is 14.3. The van der Waals surface area contributed by atoms with Gasteiger partial charge in [-0.1, -0.05) is 64.5 Å². The van der Waals surface area contributed by atoms with E-state index in [4.69, 9.17) is 4.74 Å². The molecule has 2 N–H and O–H groups in total. The van der Waals surface area contributed by atoms with Crippen molar-refractivity contribution in [1.82, 2.24) is 10.3 Å². The van der Waals surface area contributed by atoms with E-state index in [9.17, 15) is 4.79 Å². The van der Waals surface area contributed by atoms with Gasteiger partial charge in [0.05, 0.1) is 26.8 Å². The van der Waals surface area contributed by atoms with Gasteiger partial charge in [-0.25, -0.2) is 0 Å². The minimum Gasteiger partial charge on any atom is -0.368 e. The van der Waals surface area contributed by atoms with Crippen molar-refractivity contribution < 1.29 is 9.53 Å². The van der Waals surface area contributed by atoms with Gasteiger partial charge in [0.15, 0.2) is 0 Å². The van der Waals surface area contributed by atoms with Crippen LogP contribution in [0.25, 0.3) is 10.9 Å². The number of para-hydroxylation sites is 1. The van der Waals surface area contributed by atoms with E-state index in [0.29, 0.717) is 13.0 Å². The van der Waals surface area contributed by atoms with Gasteiger partial charge in [0.25, 0.3) is 0 Å². The third-order valence-corrected chi connectivity index (χ3v) is 9.29. The summed E-state index contributed by atoms with van der Waals surface area (Å²) >= 11 is 0. The molecule has 1 aromatic heterocycles. The van der Waals surface area contributed by atoms with Gasteiger partial charge in [0, 0.05) is 17.1 Å². The molecule has 1 aromatic carbocycles. The Kier molecular flexibility index (Phi) is 6.35. The molecule has 0 saturated heterocycles. The van der Waals surface area contributed by atoms with Gasteiger partial charge in [0.1, 0.15) is 5.60 Å². The van der Waals surface area contributed by atoms with Crippen LogP contribution in [0.4, 0.5) is 0 Å². The SMILES string of the molecule is CCC[Si](C)(C)CNC(=O)CC1(CC)OCCc2c1[nH]c1c(CC)cccc21. The summed E-state index contributed by atoms with van der Waals surface area (Å²) in [5.74, 6) is 0.112. The molecule has 2 aromatic rings. The van der Waals surface area contributed by atoms with Crippen molar-refractivity contribution in [3.05, 3.63) is 35.0 Å². The zero-order valence-electron chi connectivity index (χ0n) is 18.2. The molecule has 1 amide bonds. The number of aromatic amines is 1. The Labute approximate surface area is 170 Å². The van der Waals surface area contributed by atoms with Crippen LogP contribution < -0.4 is 5.32 Å². The van der Waals surface area contributed by atoms with Crippen LogP contribution in [-0.4, -0.2) is 31.7 Å². The van der Waals surface area contributed by atoms with Crippen molar-refractivity contribution in [2.24, 2.45) is 0 Å². The summed E-state index contributed by atoms with van der Waals surface area (Å²) in [5.41, 5.74) is 4.46. The van der Waals surface area contributed by atoms with E-state index in [1.807, 2.05) is 0 Å². The lowest BCUT2D eigenvalue weighted by molar-refractivity contribution is -0.132. The molecule has 0 saturated carbocycles. The van der Waals surface area contributed by atoms with E-state index in [1.165, 1.54) is 34.5 Å². The first-order chi connectivity index (χ1) is 13.4. The monoisotopic (exact) mass is 400 g/mol. The van der Waals surface area contributed by atoms with Crippen molar-refractivity contribution in [1.29, 1.82) is 0 Å². The molecule has 154 valence electrons. The summed E-state index contributed by atoms with van der Waals surface area (Å²) in [7, 11) is -1.36. The van der Waals surface area contributed by atoms with Crippen molar-refractivity contribution in [3.8, 4) is 0 Å². The molecule has 0 fully saturated rings. The Bertz CT molecular complexity index is 842. The summed E-state index contributed by atoms with van der Waals surface area (Å²) < 4.78 is 6.31. The highest BCUT2D eigenvalue weighted by atomic mass is 28.3. The Balaban J connectivity index is 1.88. The van der Waals surface area contributed by atoms with E-state index < -0.39 is 13.7 Å². The van der Waals surface area contributed by atoms with E-state index in [0.717, 1.165) is 31.1 Å². The van der Waals surface area contributed by atoms with Gasteiger partial charge in [0.2, 0.25) is 5.91 Å². The molecule has 5 heteroatoms. The summed E-state index contributed by atoms with van der Waals surface area (Å²) in [6.07, 6.45) is 5.11. The number of amides is 1. The fourth-order valence-corrected chi connectivity index (χ4v) is 6.87. The largest absolute Gasteiger partial charge is 0.368 e. The predicted molar refractivity (Wildman–Crippen MR) is 120 cm³/mol. The molecule has 0 aliphatic carbocycles. The second-order valence-electron chi connectivity index (χ2n) is 8.99. The number of fused-ring (bicyclic) bond motifs is 3. The van der Waals surface area contributed by atoms with Crippen LogP contribution in [0.2, 0.25) is 19.1 Å². The minimum absolute atomic E-state index is 0.112. The van der Waals surface area contributed by atoms with Gasteiger partial charge < -0.3 is 15.0 Å². The molecule has 0 radical (unpaired) electrons. The van der Waals surface area contributed by atoms with E-state index in [1.54, 1.807) is 0 Å². The number of rotatable bonds is 8. The van der Waals surface area contributed by atoms with Crippen LogP contribution in [0, 0.1) is 0 Å². The molecular weight excluding hydrogens is 364 g/mol. The molecule has 28 heavy (non-hydrogen) atoms. The number of H-pyrrole nitrogens is 1. The second-order valence-corrected chi connectivity index (χ2v) is 14.2. The molecule has 2 heterocycles. The van der Waals surface area contributed by atoms with Crippen LogP contribution in [0.1, 0.15) is 56.9 Å². The Morgan fingerprint density at radius 2 is 2.07 bits per heavy atom. The summed E-state index contributed by atoms with van der Waals surface area (Å²) in [6, 6.07) is 7.78. The van der Waals surface area contributed by atoms with Crippen molar-refractivity contribution in [3.63, 3.8) is 0 Å². The van der Waals surface area contributed by atoms with Crippen molar-refractivity contribution in [2.75, 3.05) is 12.8 Å². The molecule has 1 aliphatic rings. The topological polar surface area (TPSA) is 54.1 Å². The molecular formula is C23H36N2O2Si. The third kappa shape index (κ3) is 4.06. The van der Waals surface area contributed by atoms with Gasteiger partial charge in [-0.3, -0.25) is 4.79 Å². The summed E-state index contributed by atoms with van der Waals surface area (Å²) in [6.45, 7) is 11.9. The molecule has 1 atom stereocenters. The van der Waals surface area contributed by atoms with Crippen LogP contribution in [0.3, 0.4) is 0 Å². The van der Waals surface area contributed by atoms with Gasteiger partial charge in [-0.2, -0.15) is 0 Å². The van der Waals surface area contributed by atoms with Gasteiger partial charge in [-0.05, 0) is 30.4 Å². The molecule has 4 nitrogen and oxygen atoms in total. The number of aromatic nitrogens is 1.